The number of nitrogens with two attached hydrogens (primary N) is 1. The number of hydrogen-bond acceptors (Lipinski definition) is 2. The summed E-state index contributed by atoms with van der Waals surface area (Å²) in [5.41, 5.74) is 4.54. The summed E-state index contributed by atoms with van der Waals surface area (Å²) in [5.74, 6) is -0.759. The molecule has 0 aliphatic carbocycles. The number of carbonyl (C=O) groups is 1. The summed E-state index contributed by atoms with van der Waals surface area (Å²) in [6.45, 7) is 0.204. The summed E-state index contributed by atoms with van der Waals surface area (Å²) < 4.78 is 39.3. The highest BCUT2D eigenvalue weighted by atomic mass is 35.5. The van der Waals surface area contributed by atoms with E-state index < -0.39 is 23.2 Å². The summed E-state index contributed by atoms with van der Waals surface area (Å²) in [4.78, 5) is 13.8. The van der Waals surface area contributed by atoms with E-state index in [1.165, 1.54) is 17.0 Å². The van der Waals surface area contributed by atoms with Crippen LogP contribution in [0.4, 0.5) is 18.9 Å². The fraction of sp³-hybridized carbons (Fsp3) is 0.188. The minimum atomic E-state index is -4.61. The first-order valence-corrected chi connectivity index (χ1v) is 7.16. The van der Waals surface area contributed by atoms with Gasteiger partial charge < -0.3 is 10.6 Å². The molecule has 2 N–H and O–H groups in total. The van der Waals surface area contributed by atoms with Gasteiger partial charge in [-0.1, -0.05) is 23.7 Å². The molecule has 2 aromatic rings. The molecule has 0 heterocycles. The maximum atomic E-state index is 13.1. The molecule has 0 radical (unpaired) electrons. The lowest BCUT2D eigenvalue weighted by Crippen LogP contribution is -2.36. The van der Waals surface area contributed by atoms with Gasteiger partial charge in [-0.05, 0) is 36.4 Å². The summed E-state index contributed by atoms with van der Waals surface area (Å²) in [6.07, 6.45) is -4.61. The van der Waals surface area contributed by atoms with Crippen molar-refractivity contribution in [3.63, 3.8) is 0 Å². The number of amides is 1. The van der Waals surface area contributed by atoms with Crippen molar-refractivity contribution in [1.29, 1.82) is 0 Å². The zero-order chi connectivity index (χ0) is 17.0. The molecule has 0 aromatic heterocycles. The zero-order valence-electron chi connectivity index (χ0n) is 12.0. The van der Waals surface area contributed by atoms with E-state index in [4.69, 9.17) is 17.3 Å². The highest BCUT2D eigenvalue weighted by Crippen LogP contribution is 2.33. The van der Waals surface area contributed by atoms with Gasteiger partial charge in [-0.15, -0.1) is 0 Å². The van der Waals surface area contributed by atoms with Crippen molar-refractivity contribution in [2.75, 3.05) is 18.0 Å². The molecule has 23 heavy (non-hydrogen) atoms. The van der Waals surface area contributed by atoms with E-state index in [0.29, 0.717) is 10.7 Å². The molecular weight excluding hydrogens is 329 g/mol. The molecule has 0 spiro atoms. The van der Waals surface area contributed by atoms with Gasteiger partial charge in [0.25, 0.3) is 5.91 Å². The third-order valence-electron chi connectivity index (χ3n) is 3.20. The third-order valence-corrected chi connectivity index (χ3v) is 3.45. The van der Waals surface area contributed by atoms with E-state index in [0.717, 1.165) is 12.1 Å². The number of hydrogen-bond donors (Lipinski definition) is 1. The SMILES string of the molecule is NCCN(C(=O)c1ccccc1C(F)(F)F)c1ccc(Cl)cc1. The molecule has 0 aliphatic rings. The van der Waals surface area contributed by atoms with Gasteiger partial charge in [0.2, 0.25) is 0 Å². The standard InChI is InChI=1S/C16H14ClF3N2O/c17-11-5-7-12(8-6-11)22(10-9-21)15(23)13-3-1-2-4-14(13)16(18,19)20/h1-8H,9-10,21H2. The van der Waals surface area contributed by atoms with Crippen LogP contribution in [-0.4, -0.2) is 19.0 Å². The number of carbonyl (C=O) groups excluding carboxylic acids is 1. The number of nitrogens with zero attached hydrogens (tertiary/aromatic N) is 1. The van der Waals surface area contributed by atoms with Crippen LogP contribution in [0.15, 0.2) is 48.5 Å². The van der Waals surface area contributed by atoms with Gasteiger partial charge in [0.05, 0.1) is 11.1 Å². The molecule has 0 bridgehead atoms. The number of anilines is 1. The summed E-state index contributed by atoms with van der Waals surface area (Å²) >= 11 is 5.80. The second-order valence-corrected chi connectivity index (χ2v) is 5.20. The van der Waals surface area contributed by atoms with Crippen LogP contribution in [-0.2, 0) is 6.18 Å². The van der Waals surface area contributed by atoms with Crippen molar-refractivity contribution in [3.05, 3.63) is 64.7 Å². The van der Waals surface area contributed by atoms with E-state index in [9.17, 15) is 18.0 Å². The molecule has 0 saturated carbocycles. The van der Waals surface area contributed by atoms with Gasteiger partial charge >= 0.3 is 6.18 Å². The lowest BCUT2D eigenvalue weighted by atomic mass is 10.1. The van der Waals surface area contributed by atoms with Gasteiger partial charge in [0.1, 0.15) is 0 Å². The van der Waals surface area contributed by atoms with Crippen LogP contribution in [0.1, 0.15) is 15.9 Å². The Bertz CT molecular complexity index is 686. The molecule has 1 amide bonds. The fourth-order valence-electron chi connectivity index (χ4n) is 2.16. The van der Waals surface area contributed by atoms with Gasteiger partial charge in [0, 0.05) is 23.8 Å². The first-order valence-electron chi connectivity index (χ1n) is 6.78. The first kappa shape index (κ1) is 17.3. The summed E-state index contributed by atoms with van der Waals surface area (Å²) in [7, 11) is 0. The van der Waals surface area contributed by atoms with E-state index >= 15 is 0 Å². The predicted molar refractivity (Wildman–Crippen MR) is 83.6 cm³/mol. The second kappa shape index (κ2) is 7.02. The van der Waals surface area contributed by atoms with Crippen LogP contribution < -0.4 is 10.6 Å². The maximum Gasteiger partial charge on any atom is 0.417 e. The van der Waals surface area contributed by atoms with E-state index in [-0.39, 0.29) is 13.1 Å². The average molecular weight is 343 g/mol. The van der Waals surface area contributed by atoms with Crippen LogP contribution in [0.5, 0.6) is 0 Å². The van der Waals surface area contributed by atoms with Gasteiger partial charge in [-0.3, -0.25) is 4.79 Å². The number of alkyl halides is 3. The number of benzene rings is 2. The van der Waals surface area contributed by atoms with E-state index in [2.05, 4.69) is 0 Å². The van der Waals surface area contributed by atoms with Gasteiger partial charge in [-0.2, -0.15) is 13.2 Å². The van der Waals surface area contributed by atoms with Crippen molar-refractivity contribution in [3.8, 4) is 0 Å². The highest BCUT2D eigenvalue weighted by Gasteiger charge is 2.36. The molecule has 7 heteroatoms. The fourth-order valence-corrected chi connectivity index (χ4v) is 2.29. The van der Waals surface area contributed by atoms with Crippen molar-refractivity contribution in [2.45, 2.75) is 6.18 Å². The van der Waals surface area contributed by atoms with Gasteiger partial charge in [-0.25, -0.2) is 0 Å². The normalized spacial score (nSPS) is 11.3. The lowest BCUT2D eigenvalue weighted by Gasteiger charge is -2.24. The molecule has 122 valence electrons. The minimum Gasteiger partial charge on any atom is -0.329 e. The van der Waals surface area contributed by atoms with Crippen molar-refractivity contribution >= 4 is 23.2 Å². The summed E-state index contributed by atoms with van der Waals surface area (Å²) in [6, 6.07) is 10.9. The van der Waals surface area contributed by atoms with Crippen LogP contribution in [0, 0.1) is 0 Å². The lowest BCUT2D eigenvalue weighted by molar-refractivity contribution is -0.137. The molecule has 2 rings (SSSR count). The Morgan fingerprint density at radius 1 is 1.09 bits per heavy atom. The Hall–Kier alpha value is -2.05. The van der Waals surface area contributed by atoms with E-state index in [1.807, 2.05) is 0 Å². The van der Waals surface area contributed by atoms with Crippen LogP contribution in [0.3, 0.4) is 0 Å². The Kier molecular flexibility index (Phi) is 5.28. The Morgan fingerprint density at radius 3 is 2.26 bits per heavy atom. The van der Waals surface area contributed by atoms with E-state index in [1.54, 1.807) is 24.3 Å². The second-order valence-electron chi connectivity index (χ2n) is 4.77. The molecule has 0 atom stereocenters. The third kappa shape index (κ3) is 4.03. The Morgan fingerprint density at radius 2 is 1.70 bits per heavy atom. The Labute approximate surface area is 136 Å². The first-order chi connectivity index (χ1) is 10.8. The van der Waals surface area contributed by atoms with Crippen LogP contribution in [0.2, 0.25) is 5.02 Å². The molecule has 0 fully saturated rings. The maximum absolute atomic E-state index is 13.1. The molecule has 3 nitrogen and oxygen atoms in total. The zero-order valence-corrected chi connectivity index (χ0v) is 12.7. The van der Waals surface area contributed by atoms with Crippen LogP contribution >= 0.6 is 11.6 Å². The molecule has 0 unspecified atom stereocenters. The summed E-state index contributed by atoms with van der Waals surface area (Å²) in [5, 5.41) is 0.463. The number of halogens is 4. The quantitative estimate of drug-likeness (QED) is 0.914. The van der Waals surface area contributed by atoms with Crippen molar-refractivity contribution < 1.29 is 18.0 Å². The monoisotopic (exact) mass is 342 g/mol. The molecule has 2 aromatic carbocycles. The highest BCUT2D eigenvalue weighted by molar-refractivity contribution is 6.30. The smallest absolute Gasteiger partial charge is 0.329 e. The molecular formula is C16H14ClF3N2O. The van der Waals surface area contributed by atoms with Crippen molar-refractivity contribution in [2.24, 2.45) is 5.73 Å². The molecule has 0 saturated heterocycles. The molecule has 0 aliphatic heterocycles. The minimum absolute atomic E-state index is 0.0899. The predicted octanol–water partition coefficient (Wildman–Crippen LogP) is 3.96. The average Bonchev–Trinajstić information content (AvgIpc) is 2.52. The largest absolute Gasteiger partial charge is 0.417 e. The number of rotatable bonds is 4. The Balaban J connectivity index is 2.45. The van der Waals surface area contributed by atoms with Crippen molar-refractivity contribution in [1.82, 2.24) is 0 Å². The topological polar surface area (TPSA) is 46.3 Å². The van der Waals surface area contributed by atoms with Crippen LogP contribution in [0.25, 0.3) is 0 Å². The van der Waals surface area contributed by atoms with Gasteiger partial charge in [0.15, 0.2) is 0 Å².